The van der Waals surface area contributed by atoms with Crippen LogP contribution >= 0.6 is 0 Å². The van der Waals surface area contributed by atoms with Gasteiger partial charge in [0.15, 0.2) is 29.1 Å². The van der Waals surface area contributed by atoms with Gasteiger partial charge >= 0.3 is 0 Å². The quantitative estimate of drug-likeness (QED) is 0.173. The summed E-state index contributed by atoms with van der Waals surface area (Å²) in [6.07, 6.45) is 3.56. The molecule has 5 aromatic rings. The van der Waals surface area contributed by atoms with Gasteiger partial charge in [0.2, 0.25) is 11.5 Å². The number of hydrogen-bond acceptors (Lipinski definition) is 8. The first-order valence-corrected chi connectivity index (χ1v) is 14.0. The van der Waals surface area contributed by atoms with E-state index >= 15 is 0 Å². The van der Waals surface area contributed by atoms with E-state index in [4.69, 9.17) is 38.1 Å². The minimum Gasteiger partial charge on any atom is -0.496 e. The van der Waals surface area contributed by atoms with Gasteiger partial charge in [-0.2, -0.15) is 0 Å². The molecule has 0 bridgehead atoms. The third kappa shape index (κ3) is 4.68. The van der Waals surface area contributed by atoms with Crippen LogP contribution in [0.5, 0.6) is 40.2 Å². The first-order valence-electron chi connectivity index (χ1n) is 14.0. The van der Waals surface area contributed by atoms with Gasteiger partial charge in [-0.1, -0.05) is 72.8 Å². The fourth-order valence-electron chi connectivity index (χ4n) is 5.78. The highest BCUT2D eigenvalue weighted by atomic mass is 16.5. The minimum absolute atomic E-state index is 0.447. The summed E-state index contributed by atoms with van der Waals surface area (Å²) in [5, 5.41) is 0.753. The molecule has 8 nitrogen and oxygen atoms in total. The fourth-order valence-corrected chi connectivity index (χ4v) is 5.78. The van der Waals surface area contributed by atoms with Crippen molar-refractivity contribution in [2.24, 2.45) is 0 Å². The van der Waals surface area contributed by atoms with Crippen LogP contribution in [-0.4, -0.2) is 47.6 Å². The van der Waals surface area contributed by atoms with Gasteiger partial charge in [0.25, 0.3) is 0 Å². The molecule has 8 heteroatoms. The van der Waals surface area contributed by atoms with E-state index in [0.717, 1.165) is 27.6 Å². The van der Waals surface area contributed by atoms with Crippen molar-refractivity contribution in [3.05, 3.63) is 95.1 Å². The van der Waals surface area contributed by atoms with Crippen LogP contribution < -0.4 is 33.2 Å². The first kappa shape index (κ1) is 28.7. The van der Waals surface area contributed by atoms with Crippen LogP contribution in [0, 0.1) is 0 Å². The minimum atomic E-state index is -0.575. The van der Waals surface area contributed by atoms with Gasteiger partial charge in [0.1, 0.15) is 5.75 Å². The predicted molar refractivity (Wildman–Crippen MR) is 171 cm³/mol. The van der Waals surface area contributed by atoms with E-state index in [2.05, 4.69) is 12.2 Å². The molecule has 4 aromatic carbocycles. The number of rotatable bonds is 9. The molecular formula is C36H33NO7. The highest BCUT2D eigenvalue weighted by Crippen LogP contribution is 2.58. The zero-order chi connectivity index (χ0) is 30.8. The lowest BCUT2D eigenvalue weighted by atomic mass is 9.86. The maximum absolute atomic E-state index is 6.91. The Kier molecular flexibility index (Phi) is 7.89. The molecule has 1 aliphatic rings. The topological polar surface area (TPSA) is 77.5 Å². The number of pyridine rings is 1. The molecule has 0 spiro atoms. The SMILES string of the molecule is COc1cc(OC)c2c(c1OC)OC(c1ccccc1)c1c-2nc2cc(OC)c(OC)c(OC)c2c1/C=C/c1ccccc1. The third-order valence-corrected chi connectivity index (χ3v) is 7.74. The van der Waals surface area contributed by atoms with Gasteiger partial charge in [-0.3, -0.25) is 0 Å². The summed E-state index contributed by atoms with van der Waals surface area (Å²) in [5.74, 6) is 3.40. The van der Waals surface area contributed by atoms with E-state index in [-0.39, 0.29) is 0 Å². The Labute approximate surface area is 256 Å². The molecule has 44 heavy (non-hydrogen) atoms. The van der Waals surface area contributed by atoms with Crippen LogP contribution in [0.15, 0.2) is 72.8 Å². The molecule has 1 unspecified atom stereocenters. The van der Waals surface area contributed by atoms with E-state index in [9.17, 15) is 0 Å². The molecule has 1 atom stereocenters. The summed E-state index contributed by atoms with van der Waals surface area (Å²) in [6.45, 7) is 0. The molecule has 0 saturated carbocycles. The number of nitrogens with zero attached hydrogens (tertiary/aromatic N) is 1. The fraction of sp³-hybridized carbons (Fsp3) is 0.194. The first-order chi connectivity index (χ1) is 21.6. The van der Waals surface area contributed by atoms with Crippen LogP contribution in [0.1, 0.15) is 28.4 Å². The van der Waals surface area contributed by atoms with E-state index in [1.165, 1.54) is 0 Å². The standard InChI is InChI=1S/C36H33NO7/c1-38-25-20-27(40-3)34(42-5)36-30(25)31-29(32(44-36)22-15-11-8-12-16-22)23(18-17-21-13-9-7-10-14-21)28-24(37-31)19-26(39-2)33(41-4)35(28)43-6/h7-20,32H,1-6H3/b18-17+. The normalized spacial score (nSPS) is 13.5. The van der Waals surface area contributed by atoms with Crippen molar-refractivity contribution in [3.63, 3.8) is 0 Å². The average molecular weight is 592 g/mol. The molecule has 0 N–H and O–H groups in total. The molecular weight excluding hydrogens is 558 g/mol. The second-order valence-electron chi connectivity index (χ2n) is 10.00. The highest BCUT2D eigenvalue weighted by Gasteiger charge is 2.38. The Bertz CT molecular complexity index is 1850. The molecule has 6 rings (SSSR count). The Balaban J connectivity index is 1.82. The van der Waals surface area contributed by atoms with E-state index in [1.807, 2.05) is 66.7 Å². The summed E-state index contributed by atoms with van der Waals surface area (Å²) in [7, 11) is 9.57. The lowest BCUT2D eigenvalue weighted by Crippen LogP contribution is -2.19. The van der Waals surface area contributed by atoms with Crippen LogP contribution in [0.4, 0.5) is 0 Å². The lowest BCUT2D eigenvalue weighted by Gasteiger charge is -2.33. The molecule has 1 aromatic heterocycles. The zero-order valence-corrected chi connectivity index (χ0v) is 25.5. The Morgan fingerprint density at radius 1 is 0.636 bits per heavy atom. The van der Waals surface area contributed by atoms with Crippen LogP contribution in [0.25, 0.3) is 34.3 Å². The van der Waals surface area contributed by atoms with Crippen molar-refractivity contribution >= 4 is 23.1 Å². The van der Waals surface area contributed by atoms with Crippen molar-refractivity contribution in [1.29, 1.82) is 0 Å². The number of aromatic nitrogens is 1. The van der Waals surface area contributed by atoms with Crippen molar-refractivity contribution in [3.8, 4) is 51.5 Å². The Hall–Kier alpha value is -5.37. The van der Waals surface area contributed by atoms with Gasteiger partial charge in [0.05, 0.1) is 64.8 Å². The van der Waals surface area contributed by atoms with Crippen LogP contribution in [-0.2, 0) is 0 Å². The van der Waals surface area contributed by atoms with E-state index in [1.54, 1.807) is 48.7 Å². The van der Waals surface area contributed by atoms with Crippen LogP contribution in [0.2, 0.25) is 0 Å². The monoisotopic (exact) mass is 591 g/mol. The summed E-state index contributed by atoms with van der Waals surface area (Å²) in [6, 6.07) is 23.8. The molecule has 0 radical (unpaired) electrons. The maximum atomic E-state index is 6.91. The molecule has 0 aliphatic carbocycles. The Morgan fingerprint density at radius 3 is 1.86 bits per heavy atom. The van der Waals surface area contributed by atoms with Crippen molar-refractivity contribution in [2.75, 3.05) is 42.7 Å². The van der Waals surface area contributed by atoms with Crippen LogP contribution in [0.3, 0.4) is 0 Å². The third-order valence-electron chi connectivity index (χ3n) is 7.74. The average Bonchev–Trinajstić information content (AvgIpc) is 3.08. The van der Waals surface area contributed by atoms with Gasteiger partial charge in [-0.15, -0.1) is 0 Å². The summed E-state index contributed by atoms with van der Waals surface area (Å²) in [5.41, 5.74) is 5.61. The summed E-state index contributed by atoms with van der Waals surface area (Å²) < 4.78 is 41.9. The number of methoxy groups -OCH3 is 6. The Morgan fingerprint density at radius 2 is 1.25 bits per heavy atom. The molecule has 0 saturated heterocycles. The van der Waals surface area contributed by atoms with E-state index < -0.39 is 6.10 Å². The number of fused-ring (bicyclic) bond motifs is 4. The van der Waals surface area contributed by atoms with Gasteiger partial charge in [-0.05, 0) is 16.7 Å². The van der Waals surface area contributed by atoms with Crippen molar-refractivity contribution < 1.29 is 33.2 Å². The molecule has 224 valence electrons. The second-order valence-corrected chi connectivity index (χ2v) is 10.00. The molecule has 0 amide bonds. The van der Waals surface area contributed by atoms with E-state index in [0.29, 0.717) is 57.0 Å². The molecule has 2 heterocycles. The molecule has 1 aliphatic heterocycles. The van der Waals surface area contributed by atoms with Gasteiger partial charge < -0.3 is 33.2 Å². The van der Waals surface area contributed by atoms with Crippen molar-refractivity contribution in [2.45, 2.75) is 6.10 Å². The molecule has 0 fully saturated rings. The predicted octanol–water partition coefficient (Wildman–Crippen LogP) is 7.61. The van der Waals surface area contributed by atoms with Gasteiger partial charge in [0, 0.05) is 17.7 Å². The summed E-state index contributed by atoms with van der Waals surface area (Å²) >= 11 is 0. The van der Waals surface area contributed by atoms with Crippen molar-refractivity contribution in [1.82, 2.24) is 4.98 Å². The van der Waals surface area contributed by atoms with Gasteiger partial charge in [-0.25, -0.2) is 4.98 Å². The highest BCUT2D eigenvalue weighted by molar-refractivity contribution is 6.03. The summed E-state index contributed by atoms with van der Waals surface area (Å²) in [4.78, 5) is 5.27. The lowest BCUT2D eigenvalue weighted by molar-refractivity contribution is 0.224. The number of benzene rings is 4. The smallest absolute Gasteiger partial charge is 0.204 e. The zero-order valence-electron chi connectivity index (χ0n) is 25.5. The number of ether oxygens (including phenoxy) is 7. The second kappa shape index (κ2) is 12.1. The number of hydrogen-bond donors (Lipinski definition) is 0. The maximum Gasteiger partial charge on any atom is 0.204 e. The largest absolute Gasteiger partial charge is 0.496 e.